The number of cyclic esters (lactones) is 1. The molecule has 1 aliphatic heterocycles. The van der Waals surface area contributed by atoms with E-state index in [1.807, 2.05) is 19.9 Å². The van der Waals surface area contributed by atoms with Crippen molar-refractivity contribution >= 4 is 11.9 Å². The summed E-state index contributed by atoms with van der Waals surface area (Å²) in [6.07, 6.45) is 3.24. The molecular weight excluding hydrogens is 416 g/mol. The highest BCUT2D eigenvalue weighted by molar-refractivity contribution is 5.98. The van der Waals surface area contributed by atoms with Crippen LogP contribution in [0.1, 0.15) is 46.8 Å². The Kier molecular flexibility index (Phi) is 10.5. The molecule has 9 heteroatoms. The van der Waals surface area contributed by atoms with Crippen LogP contribution in [0.2, 0.25) is 0 Å². The highest BCUT2D eigenvalue weighted by atomic mass is 16.5. The van der Waals surface area contributed by atoms with Crippen LogP contribution in [0.25, 0.3) is 0 Å². The number of methoxy groups -OCH3 is 1. The summed E-state index contributed by atoms with van der Waals surface area (Å²) in [5.41, 5.74) is 8.53. The van der Waals surface area contributed by atoms with Gasteiger partial charge in [-0.25, -0.2) is 4.79 Å². The molecule has 0 aliphatic carbocycles. The number of ether oxygens (including phenoxy) is 4. The van der Waals surface area contributed by atoms with Crippen LogP contribution in [0, 0.1) is 6.92 Å². The van der Waals surface area contributed by atoms with Gasteiger partial charge >= 0.3 is 5.97 Å². The molecular formula is C23H34N2O7. The van der Waals surface area contributed by atoms with Gasteiger partial charge in [-0.1, -0.05) is 11.6 Å². The molecule has 1 aliphatic rings. The van der Waals surface area contributed by atoms with Crippen LogP contribution >= 0.6 is 0 Å². The molecule has 0 radical (unpaired) electrons. The fourth-order valence-corrected chi connectivity index (χ4v) is 3.47. The first kappa shape index (κ1) is 25.6. The zero-order chi connectivity index (χ0) is 23.5. The van der Waals surface area contributed by atoms with Crippen molar-refractivity contribution in [2.75, 3.05) is 46.6 Å². The first-order valence-electron chi connectivity index (χ1n) is 10.8. The molecule has 2 rings (SSSR count). The number of fused-ring (bicyclic) bond motifs is 1. The maximum Gasteiger partial charge on any atom is 0.342 e. The summed E-state index contributed by atoms with van der Waals surface area (Å²) in [5.74, 6) is -0.124. The van der Waals surface area contributed by atoms with Crippen LogP contribution in [0.3, 0.4) is 0 Å². The van der Waals surface area contributed by atoms with E-state index < -0.39 is 5.97 Å². The highest BCUT2D eigenvalue weighted by Crippen LogP contribution is 2.42. The normalized spacial score (nSPS) is 13.1. The van der Waals surface area contributed by atoms with Gasteiger partial charge < -0.3 is 35.1 Å². The fourth-order valence-electron chi connectivity index (χ4n) is 3.47. The summed E-state index contributed by atoms with van der Waals surface area (Å²) in [6, 6.07) is 0. The third-order valence-electron chi connectivity index (χ3n) is 5.25. The van der Waals surface area contributed by atoms with E-state index in [1.54, 1.807) is 0 Å². The lowest BCUT2D eigenvalue weighted by Crippen LogP contribution is -2.27. The molecule has 0 fully saturated rings. The lowest BCUT2D eigenvalue weighted by atomic mass is 9.94. The average molecular weight is 451 g/mol. The Bertz CT molecular complexity index is 836. The lowest BCUT2D eigenvalue weighted by molar-refractivity contribution is -0.121. The third kappa shape index (κ3) is 6.94. The van der Waals surface area contributed by atoms with E-state index in [1.165, 1.54) is 7.11 Å². The van der Waals surface area contributed by atoms with Crippen LogP contribution in [-0.4, -0.2) is 63.6 Å². The number of carbonyl (C=O) groups is 2. The minimum absolute atomic E-state index is 0.0581. The number of allylic oxidation sites excluding steroid dienone is 2. The van der Waals surface area contributed by atoms with Gasteiger partial charge in [0, 0.05) is 30.6 Å². The summed E-state index contributed by atoms with van der Waals surface area (Å²) in [7, 11) is 1.53. The van der Waals surface area contributed by atoms with E-state index >= 15 is 0 Å². The number of carbonyl (C=O) groups excluding carboxylic acids is 2. The zero-order valence-corrected chi connectivity index (χ0v) is 19.1. The topological polar surface area (TPSA) is 129 Å². The maximum atomic E-state index is 12.0. The summed E-state index contributed by atoms with van der Waals surface area (Å²) in [6.45, 7) is 6.73. The molecule has 1 aromatic rings. The molecule has 4 N–H and O–H groups in total. The maximum absolute atomic E-state index is 12.0. The van der Waals surface area contributed by atoms with Crippen LogP contribution in [0.15, 0.2) is 11.6 Å². The molecule has 0 saturated carbocycles. The van der Waals surface area contributed by atoms with Crippen LogP contribution in [-0.2, 0) is 32.0 Å². The molecule has 0 aromatic heterocycles. The molecule has 0 spiro atoms. The number of benzene rings is 1. The quantitative estimate of drug-likeness (QED) is 0.222. The number of phenols is 1. The second-order valence-electron chi connectivity index (χ2n) is 7.53. The summed E-state index contributed by atoms with van der Waals surface area (Å²) in [4.78, 5) is 24.0. The van der Waals surface area contributed by atoms with E-state index in [-0.39, 0.29) is 23.8 Å². The molecule has 1 amide bonds. The molecule has 178 valence electrons. The smallest absolute Gasteiger partial charge is 0.342 e. The molecule has 0 unspecified atom stereocenters. The highest BCUT2D eigenvalue weighted by Gasteiger charge is 2.31. The molecule has 0 saturated heterocycles. The predicted molar refractivity (Wildman–Crippen MR) is 119 cm³/mol. The number of nitrogens with two attached hydrogens (primary N) is 1. The number of nitrogens with one attached hydrogen (secondary N) is 1. The lowest BCUT2D eigenvalue weighted by Gasteiger charge is -2.15. The zero-order valence-electron chi connectivity index (χ0n) is 19.1. The van der Waals surface area contributed by atoms with Crippen LogP contribution < -0.4 is 15.8 Å². The SMILES string of the molecule is COc1c(C)c2c(c(O)c1C/C=C(\C)CCC(=O)NCCOCCOCCN)C(=O)OC2. The van der Waals surface area contributed by atoms with Gasteiger partial charge in [-0.2, -0.15) is 0 Å². The molecule has 1 heterocycles. The Hall–Kier alpha value is -2.62. The van der Waals surface area contributed by atoms with Crippen molar-refractivity contribution < 1.29 is 33.6 Å². The minimum atomic E-state index is -0.519. The third-order valence-corrected chi connectivity index (χ3v) is 5.25. The van der Waals surface area contributed by atoms with Gasteiger partial charge in [0.05, 0.1) is 33.5 Å². The van der Waals surface area contributed by atoms with E-state index in [2.05, 4.69) is 5.32 Å². The van der Waals surface area contributed by atoms with Crippen molar-refractivity contribution in [1.29, 1.82) is 0 Å². The Labute approximate surface area is 188 Å². The first-order valence-corrected chi connectivity index (χ1v) is 10.8. The number of esters is 1. The summed E-state index contributed by atoms with van der Waals surface area (Å²) >= 11 is 0. The molecule has 0 atom stereocenters. The number of amides is 1. The van der Waals surface area contributed by atoms with Crippen molar-refractivity contribution in [2.24, 2.45) is 5.73 Å². The van der Waals surface area contributed by atoms with E-state index in [0.717, 1.165) is 11.1 Å². The van der Waals surface area contributed by atoms with Gasteiger partial charge in [0.15, 0.2) is 0 Å². The second kappa shape index (κ2) is 13.0. The summed E-state index contributed by atoms with van der Waals surface area (Å²) in [5, 5.41) is 13.5. The monoisotopic (exact) mass is 450 g/mol. The molecule has 9 nitrogen and oxygen atoms in total. The predicted octanol–water partition coefficient (Wildman–Crippen LogP) is 1.76. The van der Waals surface area contributed by atoms with Crippen LogP contribution in [0.5, 0.6) is 11.5 Å². The Morgan fingerprint density at radius 2 is 1.94 bits per heavy atom. The summed E-state index contributed by atoms with van der Waals surface area (Å²) < 4.78 is 21.1. The van der Waals surface area contributed by atoms with Crippen molar-refractivity contribution in [3.8, 4) is 11.5 Å². The standard InChI is InChI=1S/C23H34N2O7/c1-15(5-7-19(26)25-9-11-31-13-12-30-10-8-24)4-6-17-21(27)20-18(14-32-23(20)28)16(2)22(17)29-3/h4,27H,5-14,24H2,1-3H3,(H,25,26)/b15-4+. The minimum Gasteiger partial charge on any atom is -0.507 e. The van der Waals surface area contributed by atoms with Gasteiger partial charge in [-0.3, -0.25) is 4.79 Å². The Morgan fingerprint density at radius 3 is 2.62 bits per heavy atom. The number of hydrogen-bond acceptors (Lipinski definition) is 8. The molecule has 1 aromatic carbocycles. The van der Waals surface area contributed by atoms with Crippen molar-refractivity contribution in [3.63, 3.8) is 0 Å². The Morgan fingerprint density at radius 1 is 1.22 bits per heavy atom. The van der Waals surface area contributed by atoms with E-state index in [9.17, 15) is 14.7 Å². The fraction of sp³-hybridized carbons (Fsp3) is 0.565. The van der Waals surface area contributed by atoms with Gasteiger partial charge in [0.1, 0.15) is 23.7 Å². The first-order chi connectivity index (χ1) is 15.4. The second-order valence-corrected chi connectivity index (χ2v) is 7.53. The number of aromatic hydroxyl groups is 1. The van der Waals surface area contributed by atoms with Gasteiger partial charge in [0.2, 0.25) is 5.91 Å². The van der Waals surface area contributed by atoms with Crippen molar-refractivity contribution in [3.05, 3.63) is 33.9 Å². The largest absolute Gasteiger partial charge is 0.507 e. The van der Waals surface area contributed by atoms with Crippen molar-refractivity contribution in [1.82, 2.24) is 5.32 Å². The van der Waals surface area contributed by atoms with Crippen molar-refractivity contribution in [2.45, 2.75) is 39.7 Å². The Balaban J connectivity index is 1.81. The van der Waals surface area contributed by atoms with E-state index in [4.69, 9.17) is 24.7 Å². The van der Waals surface area contributed by atoms with E-state index in [0.29, 0.717) is 75.7 Å². The van der Waals surface area contributed by atoms with Gasteiger partial charge in [-0.05, 0) is 32.3 Å². The van der Waals surface area contributed by atoms with Gasteiger partial charge in [0.25, 0.3) is 0 Å². The number of phenolic OH excluding ortho intramolecular Hbond substituents is 1. The molecule has 32 heavy (non-hydrogen) atoms. The number of hydrogen-bond donors (Lipinski definition) is 3. The average Bonchev–Trinajstić information content (AvgIpc) is 3.17. The van der Waals surface area contributed by atoms with Gasteiger partial charge in [-0.15, -0.1) is 0 Å². The van der Waals surface area contributed by atoms with Crippen LogP contribution in [0.4, 0.5) is 0 Å². The number of rotatable bonds is 14. The molecule has 0 bridgehead atoms.